The lowest BCUT2D eigenvalue weighted by Crippen LogP contribution is -2.39. The standard InChI is InChI=1S/C12H17F3N4/c1-19(9-4-2-8(16)3-5-9)11-7-6-10(17-18-11)12(13,14)15/h6-9H,2-5,16H2,1H3. The Kier molecular flexibility index (Phi) is 3.93. The van der Waals surface area contributed by atoms with Gasteiger partial charge in [-0.2, -0.15) is 13.2 Å². The molecule has 106 valence electrons. The van der Waals surface area contributed by atoms with Gasteiger partial charge in [0.15, 0.2) is 11.5 Å². The quantitative estimate of drug-likeness (QED) is 0.898. The average Bonchev–Trinajstić information content (AvgIpc) is 2.38. The fraction of sp³-hybridized carbons (Fsp3) is 0.667. The zero-order valence-electron chi connectivity index (χ0n) is 10.7. The molecule has 0 spiro atoms. The third-order valence-electron chi connectivity index (χ3n) is 3.59. The maximum Gasteiger partial charge on any atom is 0.435 e. The smallest absolute Gasteiger partial charge is 0.355 e. The van der Waals surface area contributed by atoms with E-state index in [0.717, 1.165) is 31.7 Å². The summed E-state index contributed by atoms with van der Waals surface area (Å²) in [6, 6.07) is 2.84. The van der Waals surface area contributed by atoms with E-state index in [9.17, 15) is 13.2 Å². The van der Waals surface area contributed by atoms with Gasteiger partial charge in [-0.05, 0) is 37.8 Å². The minimum Gasteiger partial charge on any atom is -0.355 e. The van der Waals surface area contributed by atoms with E-state index in [1.165, 1.54) is 6.07 Å². The molecule has 0 atom stereocenters. The number of alkyl halides is 3. The normalized spacial score (nSPS) is 24.3. The first-order valence-electron chi connectivity index (χ1n) is 6.27. The predicted octanol–water partition coefficient (Wildman–Crippen LogP) is 2.20. The van der Waals surface area contributed by atoms with Crippen molar-refractivity contribution in [3.63, 3.8) is 0 Å². The Hall–Kier alpha value is -1.37. The topological polar surface area (TPSA) is 55.0 Å². The molecule has 0 saturated heterocycles. The van der Waals surface area contributed by atoms with E-state index in [2.05, 4.69) is 10.2 Å². The first kappa shape index (κ1) is 14.0. The van der Waals surface area contributed by atoms with Crippen molar-refractivity contribution in [2.24, 2.45) is 5.73 Å². The van der Waals surface area contributed by atoms with Gasteiger partial charge in [0, 0.05) is 19.1 Å². The van der Waals surface area contributed by atoms with Crippen molar-refractivity contribution in [2.45, 2.75) is 43.9 Å². The summed E-state index contributed by atoms with van der Waals surface area (Å²) in [7, 11) is 1.83. The van der Waals surface area contributed by atoms with E-state index >= 15 is 0 Å². The largest absolute Gasteiger partial charge is 0.435 e. The second kappa shape index (κ2) is 5.32. The van der Waals surface area contributed by atoms with Gasteiger partial charge in [0.2, 0.25) is 0 Å². The van der Waals surface area contributed by atoms with Crippen molar-refractivity contribution in [2.75, 3.05) is 11.9 Å². The van der Waals surface area contributed by atoms with E-state index in [0.29, 0.717) is 5.82 Å². The molecule has 0 amide bonds. The molecule has 1 aromatic rings. The van der Waals surface area contributed by atoms with Crippen LogP contribution in [0.15, 0.2) is 12.1 Å². The highest BCUT2D eigenvalue weighted by molar-refractivity contribution is 5.38. The minimum absolute atomic E-state index is 0.239. The molecule has 7 heteroatoms. The molecule has 0 aromatic carbocycles. The molecule has 0 aliphatic heterocycles. The number of nitrogens with two attached hydrogens (primary N) is 1. The number of anilines is 1. The Labute approximate surface area is 109 Å². The van der Waals surface area contributed by atoms with Crippen LogP contribution in [0.2, 0.25) is 0 Å². The molecule has 0 radical (unpaired) electrons. The van der Waals surface area contributed by atoms with Gasteiger partial charge in [-0.25, -0.2) is 0 Å². The molecule has 4 nitrogen and oxygen atoms in total. The Morgan fingerprint density at radius 2 is 1.79 bits per heavy atom. The first-order chi connectivity index (χ1) is 8.88. The van der Waals surface area contributed by atoms with Crippen LogP contribution >= 0.6 is 0 Å². The van der Waals surface area contributed by atoms with Crippen molar-refractivity contribution in [3.05, 3.63) is 17.8 Å². The fourth-order valence-electron chi connectivity index (χ4n) is 2.34. The molecular formula is C12H17F3N4. The van der Waals surface area contributed by atoms with Crippen LogP contribution in [0.4, 0.5) is 19.0 Å². The predicted molar refractivity (Wildman–Crippen MR) is 65.7 cm³/mol. The molecule has 1 heterocycles. The van der Waals surface area contributed by atoms with Crippen LogP contribution in [-0.4, -0.2) is 29.3 Å². The molecule has 1 aliphatic carbocycles. The summed E-state index contributed by atoms with van der Waals surface area (Å²) in [4.78, 5) is 1.89. The zero-order chi connectivity index (χ0) is 14.0. The maximum absolute atomic E-state index is 12.4. The van der Waals surface area contributed by atoms with Crippen LogP contribution in [0, 0.1) is 0 Å². The van der Waals surface area contributed by atoms with Crippen molar-refractivity contribution >= 4 is 5.82 Å². The van der Waals surface area contributed by atoms with Gasteiger partial charge in [0.05, 0.1) is 0 Å². The molecule has 1 aliphatic rings. The van der Waals surface area contributed by atoms with Crippen molar-refractivity contribution < 1.29 is 13.2 Å². The van der Waals surface area contributed by atoms with Crippen molar-refractivity contribution in [1.82, 2.24) is 10.2 Å². The molecule has 2 rings (SSSR count). The lowest BCUT2D eigenvalue weighted by molar-refractivity contribution is -0.141. The van der Waals surface area contributed by atoms with Crippen LogP contribution in [0.3, 0.4) is 0 Å². The Balaban J connectivity index is 2.05. The lowest BCUT2D eigenvalue weighted by Gasteiger charge is -2.33. The fourth-order valence-corrected chi connectivity index (χ4v) is 2.34. The Bertz CT molecular complexity index is 410. The Morgan fingerprint density at radius 3 is 2.26 bits per heavy atom. The molecule has 1 saturated carbocycles. The number of nitrogens with zero attached hydrogens (tertiary/aromatic N) is 3. The van der Waals surface area contributed by atoms with Crippen LogP contribution in [0.1, 0.15) is 31.4 Å². The van der Waals surface area contributed by atoms with Gasteiger partial charge in [0.25, 0.3) is 0 Å². The number of rotatable bonds is 2. The van der Waals surface area contributed by atoms with Gasteiger partial charge in [-0.3, -0.25) is 0 Å². The van der Waals surface area contributed by atoms with Gasteiger partial charge in [-0.1, -0.05) is 0 Å². The summed E-state index contributed by atoms with van der Waals surface area (Å²) in [6.07, 6.45) is -0.714. The third-order valence-corrected chi connectivity index (χ3v) is 3.59. The zero-order valence-corrected chi connectivity index (χ0v) is 10.7. The summed E-state index contributed by atoms with van der Waals surface area (Å²) in [5.74, 6) is 0.466. The van der Waals surface area contributed by atoms with Crippen LogP contribution in [0.25, 0.3) is 0 Å². The summed E-state index contributed by atoms with van der Waals surface area (Å²) >= 11 is 0. The number of halogens is 3. The number of hydrogen-bond donors (Lipinski definition) is 1. The van der Waals surface area contributed by atoms with E-state index in [1.54, 1.807) is 0 Å². The second-order valence-corrected chi connectivity index (χ2v) is 4.95. The number of aromatic nitrogens is 2. The van der Waals surface area contributed by atoms with Gasteiger partial charge in [0.1, 0.15) is 0 Å². The van der Waals surface area contributed by atoms with Gasteiger partial charge < -0.3 is 10.6 Å². The molecular weight excluding hydrogens is 257 g/mol. The number of hydrogen-bond acceptors (Lipinski definition) is 4. The molecule has 0 bridgehead atoms. The van der Waals surface area contributed by atoms with Crippen LogP contribution in [0.5, 0.6) is 0 Å². The van der Waals surface area contributed by atoms with Crippen molar-refractivity contribution in [1.29, 1.82) is 0 Å². The molecule has 0 unspecified atom stereocenters. The molecule has 2 N–H and O–H groups in total. The molecule has 1 fully saturated rings. The average molecular weight is 274 g/mol. The highest BCUT2D eigenvalue weighted by Gasteiger charge is 2.33. The minimum atomic E-state index is -4.44. The summed E-state index contributed by atoms with van der Waals surface area (Å²) in [5.41, 5.74) is 4.87. The highest BCUT2D eigenvalue weighted by atomic mass is 19.4. The monoisotopic (exact) mass is 274 g/mol. The SMILES string of the molecule is CN(c1ccc(C(F)(F)F)nn1)C1CCC(N)CC1. The van der Waals surface area contributed by atoms with E-state index in [4.69, 9.17) is 5.73 Å². The third kappa shape index (κ3) is 3.34. The molecule has 1 aromatic heterocycles. The Morgan fingerprint density at radius 1 is 1.16 bits per heavy atom. The maximum atomic E-state index is 12.4. The first-order valence-corrected chi connectivity index (χ1v) is 6.27. The summed E-state index contributed by atoms with van der Waals surface area (Å²) < 4.78 is 37.2. The highest BCUT2D eigenvalue weighted by Crippen LogP contribution is 2.29. The lowest BCUT2D eigenvalue weighted by atomic mass is 9.91. The van der Waals surface area contributed by atoms with Crippen LogP contribution in [-0.2, 0) is 6.18 Å². The van der Waals surface area contributed by atoms with E-state index < -0.39 is 11.9 Å². The summed E-state index contributed by atoms with van der Waals surface area (Å²) in [6.45, 7) is 0. The van der Waals surface area contributed by atoms with E-state index in [-0.39, 0.29) is 12.1 Å². The van der Waals surface area contributed by atoms with Crippen LogP contribution < -0.4 is 10.6 Å². The van der Waals surface area contributed by atoms with Gasteiger partial charge >= 0.3 is 6.18 Å². The summed E-state index contributed by atoms with van der Waals surface area (Å²) in [5, 5.41) is 6.90. The van der Waals surface area contributed by atoms with Gasteiger partial charge in [-0.15, -0.1) is 10.2 Å². The molecule has 19 heavy (non-hydrogen) atoms. The van der Waals surface area contributed by atoms with E-state index in [1.807, 2.05) is 11.9 Å². The van der Waals surface area contributed by atoms with Crippen molar-refractivity contribution in [3.8, 4) is 0 Å². The second-order valence-electron chi connectivity index (χ2n) is 4.95.